The van der Waals surface area contributed by atoms with Crippen LogP contribution in [0.3, 0.4) is 0 Å². The van der Waals surface area contributed by atoms with Gasteiger partial charge in [-0.1, -0.05) is 78.9 Å². The van der Waals surface area contributed by atoms with E-state index in [0.29, 0.717) is 5.36 Å². The average Bonchev–Trinajstić information content (AvgIpc) is 3.04. The largest absolute Gasteiger partial charge is 0.359 e. The highest BCUT2D eigenvalue weighted by molar-refractivity contribution is 5.96. The number of nitrogens with zero attached hydrogens (tertiary/aromatic N) is 1. The van der Waals surface area contributed by atoms with Crippen molar-refractivity contribution in [1.29, 1.82) is 0 Å². The van der Waals surface area contributed by atoms with E-state index in [1.54, 1.807) is 6.08 Å². The van der Waals surface area contributed by atoms with Crippen LogP contribution in [-0.2, 0) is 4.79 Å². The predicted molar refractivity (Wildman–Crippen MR) is 110 cm³/mol. The van der Waals surface area contributed by atoms with Crippen LogP contribution in [-0.4, -0.2) is 10.9 Å². The van der Waals surface area contributed by atoms with Gasteiger partial charge in [-0.05, 0) is 23.3 Å². The molecule has 3 aromatic carbocycles. The average molecular weight is 350 g/mol. The number of benzene rings is 2. The van der Waals surface area contributed by atoms with E-state index in [1.165, 1.54) is 6.08 Å². The maximum Gasteiger partial charge on any atom is 0.270 e. The number of nitrogens with one attached hydrogen (secondary N) is 1. The first-order valence-electron chi connectivity index (χ1n) is 8.79. The molecule has 0 unspecified atom stereocenters. The number of rotatable bonds is 3. The van der Waals surface area contributed by atoms with Crippen LogP contribution in [0.5, 0.6) is 0 Å². The third kappa shape index (κ3) is 3.77. The number of carbonyl (C=O) groups is 1. The van der Waals surface area contributed by atoms with Gasteiger partial charge in [-0.3, -0.25) is 4.79 Å². The summed E-state index contributed by atoms with van der Waals surface area (Å²) in [4.78, 5) is 19.9. The first-order valence-corrected chi connectivity index (χ1v) is 8.79. The Hall–Kier alpha value is -3.72. The third-order valence-electron chi connectivity index (χ3n) is 4.34. The maximum absolute atomic E-state index is 12.3. The topological polar surface area (TPSA) is 45.2 Å². The molecule has 0 fully saturated rings. The number of hydrogen-bond donors (Lipinski definition) is 1. The Morgan fingerprint density at radius 1 is 0.815 bits per heavy atom. The molecule has 0 saturated carbocycles. The van der Waals surface area contributed by atoms with Crippen LogP contribution in [0.4, 0.5) is 0 Å². The standard InChI is InChI=1S/C24H18N2O/c27-23(16-15-18-9-3-1-4-10-18)26-22-14-8-7-13-20-21(17-25-24(20)22)19-11-5-2-6-12-19/h1-17,25H/b16-15+,26-22?. The van der Waals surface area contributed by atoms with Gasteiger partial charge in [0.05, 0.1) is 10.9 Å². The fraction of sp³-hybridized carbons (Fsp3) is 0. The van der Waals surface area contributed by atoms with E-state index in [9.17, 15) is 4.79 Å². The Bertz CT molecular complexity index is 1170. The van der Waals surface area contributed by atoms with Crippen LogP contribution in [0.2, 0.25) is 0 Å². The highest BCUT2D eigenvalue weighted by atomic mass is 16.1. The van der Waals surface area contributed by atoms with Gasteiger partial charge >= 0.3 is 0 Å². The number of H-pyrrole nitrogens is 1. The Morgan fingerprint density at radius 2 is 1.48 bits per heavy atom. The Labute approximate surface area is 157 Å². The molecule has 4 aromatic rings. The molecule has 0 aliphatic heterocycles. The molecule has 1 heterocycles. The number of amides is 1. The first-order chi connectivity index (χ1) is 13.3. The third-order valence-corrected chi connectivity index (χ3v) is 4.34. The van der Waals surface area contributed by atoms with Crippen LogP contribution in [0, 0.1) is 0 Å². The molecule has 0 atom stereocenters. The summed E-state index contributed by atoms with van der Waals surface area (Å²) in [5, 5.41) is 1.66. The highest BCUT2D eigenvalue weighted by Gasteiger charge is 2.06. The Morgan fingerprint density at radius 3 is 2.26 bits per heavy atom. The summed E-state index contributed by atoms with van der Waals surface area (Å²) in [6, 6.07) is 27.6. The molecule has 0 bridgehead atoms. The van der Waals surface area contributed by atoms with E-state index < -0.39 is 0 Å². The van der Waals surface area contributed by atoms with Crippen molar-refractivity contribution < 1.29 is 4.79 Å². The van der Waals surface area contributed by atoms with Crippen LogP contribution >= 0.6 is 0 Å². The van der Waals surface area contributed by atoms with Crippen LogP contribution < -0.4 is 5.36 Å². The van der Waals surface area contributed by atoms with Crippen molar-refractivity contribution >= 4 is 22.9 Å². The number of aromatic nitrogens is 1. The lowest BCUT2D eigenvalue weighted by Gasteiger charge is -1.97. The van der Waals surface area contributed by atoms with Crippen LogP contribution in [0.25, 0.3) is 28.1 Å². The zero-order valence-electron chi connectivity index (χ0n) is 14.7. The minimum atomic E-state index is -0.290. The van der Waals surface area contributed by atoms with Crippen molar-refractivity contribution in [2.24, 2.45) is 4.99 Å². The second-order valence-corrected chi connectivity index (χ2v) is 6.15. The second-order valence-electron chi connectivity index (χ2n) is 6.15. The normalized spacial score (nSPS) is 11.9. The molecule has 3 heteroatoms. The summed E-state index contributed by atoms with van der Waals surface area (Å²) in [7, 11) is 0. The Balaban J connectivity index is 1.76. The molecule has 1 amide bonds. The molecular weight excluding hydrogens is 332 g/mol. The molecular formula is C24H18N2O. The van der Waals surface area contributed by atoms with E-state index >= 15 is 0 Å². The lowest BCUT2D eigenvalue weighted by atomic mass is 10.1. The van der Waals surface area contributed by atoms with E-state index in [2.05, 4.69) is 22.1 Å². The number of hydrogen-bond acceptors (Lipinski definition) is 1. The molecule has 0 radical (unpaired) electrons. The van der Waals surface area contributed by atoms with Gasteiger partial charge in [-0.15, -0.1) is 0 Å². The predicted octanol–water partition coefficient (Wildman–Crippen LogP) is 4.98. The summed E-state index contributed by atoms with van der Waals surface area (Å²) in [5.74, 6) is -0.290. The van der Waals surface area contributed by atoms with Crippen molar-refractivity contribution in [1.82, 2.24) is 4.98 Å². The zero-order chi connectivity index (χ0) is 18.5. The van der Waals surface area contributed by atoms with Crippen molar-refractivity contribution in [3.63, 3.8) is 0 Å². The zero-order valence-corrected chi connectivity index (χ0v) is 14.7. The molecule has 27 heavy (non-hydrogen) atoms. The SMILES string of the molecule is O=C(/C=C/c1ccccc1)N=c1ccccc2c(-c3ccccc3)c[nH]c12. The van der Waals surface area contributed by atoms with Gasteiger partial charge in [-0.2, -0.15) is 0 Å². The van der Waals surface area contributed by atoms with Gasteiger partial charge in [0.15, 0.2) is 0 Å². The van der Waals surface area contributed by atoms with Crippen molar-refractivity contribution in [3.05, 3.63) is 108 Å². The summed E-state index contributed by atoms with van der Waals surface area (Å²) in [6.07, 6.45) is 5.23. The van der Waals surface area contributed by atoms with Crippen LogP contribution in [0.15, 0.2) is 102 Å². The summed E-state index contributed by atoms with van der Waals surface area (Å²) >= 11 is 0. The molecule has 4 rings (SSSR count). The van der Waals surface area contributed by atoms with Crippen molar-refractivity contribution in [2.75, 3.05) is 0 Å². The quantitative estimate of drug-likeness (QED) is 0.521. The van der Waals surface area contributed by atoms with Gasteiger partial charge in [-0.25, -0.2) is 4.99 Å². The molecule has 3 nitrogen and oxygen atoms in total. The van der Waals surface area contributed by atoms with Crippen LogP contribution in [0.1, 0.15) is 5.56 Å². The molecule has 130 valence electrons. The smallest absolute Gasteiger partial charge is 0.270 e. The Kier molecular flexibility index (Phi) is 4.75. The maximum atomic E-state index is 12.3. The fourth-order valence-electron chi connectivity index (χ4n) is 3.04. The lowest BCUT2D eigenvalue weighted by Crippen LogP contribution is -2.04. The molecule has 0 aliphatic rings. The highest BCUT2D eigenvalue weighted by Crippen LogP contribution is 2.26. The molecule has 1 aromatic heterocycles. The van der Waals surface area contributed by atoms with Gasteiger partial charge < -0.3 is 4.98 Å². The van der Waals surface area contributed by atoms with Crippen molar-refractivity contribution in [3.8, 4) is 11.1 Å². The molecule has 0 spiro atoms. The molecule has 1 N–H and O–H groups in total. The molecule has 0 aliphatic carbocycles. The van der Waals surface area contributed by atoms with Gasteiger partial charge in [0.2, 0.25) is 0 Å². The second kappa shape index (κ2) is 7.67. The van der Waals surface area contributed by atoms with E-state index in [0.717, 1.165) is 27.6 Å². The fourth-order valence-corrected chi connectivity index (χ4v) is 3.04. The minimum Gasteiger partial charge on any atom is -0.359 e. The van der Waals surface area contributed by atoms with Gasteiger partial charge in [0, 0.05) is 23.2 Å². The summed E-state index contributed by atoms with van der Waals surface area (Å²) in [5.41, 5.74) is 4.03. The summed E-state index contributed by atoms with van der Waals surface area (Å²) in [6.45, 7) is 0. The minimum absolute atomic E-state index is 0.290. The number of aromatic amines is 1. The molecule has 0 saturated heterocycles. The van der Waals surface area contributed by atoms with Gasteiger partial charge in [0.25, 0.3) is 5.91 Å². The van der Waals surface area contributed by atoms with E-state index in [1.807, 2.05) is 79.0 Å². The lowest BCUT2D eigenvalue weighted by molar-refractivity contribution is -0.113. The van der Waals surface area contributed by atoms with E-state index in [-0.39, 0.29) is 5.91 Å². The van der Waals surface area contributed by atoms with Gasteiger partial charge in [0.1, 0.15) is 0 Å². The monoisotopic (exact) mass is 350 g/mol. The number of fused-ring (bicyclic) bond motifs is 1. The number of carbonyl (C=O) groups excluding carboxylic acids is 1. The van der Waals surface area contributed by atoms with E-state index in [4.69, 9.17) is 0 Å². The summed E-state index contributed by atoms with van der Waals surface area (Å²) < 4.78 is 0. The van der Waals surface area contributed by atoms with Crippen molar-refractivity contribution in [2.45, 2.75) is 0 Å². The first kappa shape index (κ1) is 16.7.